The Morgan fingerprint density at radius 3 is 2.33 bits per heavy atom. The number of hydrogen-bond donors (Lipinski definition) is 0. The molecule has 0 bridgehead atoms. The summed E-state index contributed by atoms with van der Waals surface area (Å²) in [5, 5.41) is 0. The van der Waals surface area contributed by atoms with E-state index in [9.17, 15) is 4.79 Å². The molecule has 1 amide bonds. The van der Waals surface area contributed by atoms with Crippen molar-refractivity contribution in [3.05, 3.63) is 53.6 Å². The number of hydrogen-bond acceptors (Lipinski definition) is 5. The molecule has 2 aromatic rings. The molecule has 0 N–H and O–H groups in total. The second-order valence-electron chi connectivity index (χ2n) is 9.08. The van der Waals surface area contributed by atoms with Crippen molar-refractivity contribution in [2.24, 2.45) is 0 Å². The topological polar surface area (TPSA) is 45.3 Å². The quantitative estimate of drug-likeness (QED) is 0.563. The molecule has 0 aromatic heterocycles. The summed E-state index contributed by atoms with van der Waals surface area (Å²) >= 11 is 0. The van der Waals surface area contributed by atoms with Crippen LogP contribution in [0.25, 0.3) is 0 Å². The molecule has 2 heterocycles. The second-order valence-corrected chi connectivity index (χ2v) is 9.08. The molecule has 2 aliphatic rings. The van der Waals surface area contributed by atoms with E-state index in [1.54, 1.807) is 7.11 Å². The third kappa shape index (κ3) is 6.20. The van der Waals surface area contributed by atoms with Gasteiger partial charge < -0.3 is 24.2 Å². The fourth-order valence-electron chi connectivity index (χ4n) is 4.74. The Morgan fingerprint density at radius 1 is 0.909 bits per heavy atom. The van der Waals surface area contributed by atoms with Crippen LogP contribution in [0.2, 0.25) is 0 Å². The van der Waals surface area contributed by atoms with Crippen LogP contribution < -0.4 is 14.4 Å². The Balaban J connectivity index is 1.23. The summed E-state index contributed by atoms with van der Waals surface area (Å²) < 4.78 is 11.4. The minimum atomic E-state index is 0.0449. The molecule has 4 rings (SSSR count). The molecule has 2 saturated heterocycles. The minimum absolute atomic E-state index is 0.0449. The SMILES string of the molecule is COc1ccc(C)cc1C(=O)N1CCN(c2ccc(OCCCN3CCCCC3)cc2)CC1. The Hall–Kier alpha value is -2.73. The van der Waals surface area contributed by atoms with Crippen LogP contribution in [-0.4, -0.2) is 75.2 Å². The van der Waals surface area contributed by atoms with Gasteiger partial charge in [-0.05, 0) is 75.7 Å². The first-order valence-corrected chi connectivity index (χ1v) is 12.3. The fraction of sp³-hybridized carbons (Fsp3) is 0.519. The third-order valence-electron chi connectivity index (χ3n) is 6.69. The van der Waals surface area contributed by atoms with E-state index in [0.717, 1.165) is 44.0 Å². The summed E-state index contributed by atoms with van der Waals surface area (Å²) in [5.41, 5.74) is 2.88. The first-order valence-electron chi connectivity index (χ1n) is 12.3. The van der Waals surface area contributed by atoms with Crippen molar-refractivity contribution in [3.8, 4) is 11.5 Å². The predicted molar refractivity (Wildman–Crippen MR) is 133 cm³/mol. The summed E-state index contributed by atoms with van der Waals surface area (Å²) in [7, 11) is 1.61. The highest BCUT2D eigenvalue weighted by molar-refractivity contribution is 5.97. The number of anilines is 1. The maximum atomic E-state index is 13.1. The van der Waals surface area contributed by atoms with Crippen LogP contribution in [0.5, 0.6) is 11.5 Å². The standard InChI is InChI=1S/C27H37N3O3/c1-22-7-12-26(32-2)25(21-22)27(31)30-18-16-29(17-19-30)23-8-10-24(11-9-23)33-20-6-15-28-13-4-3-5-14-28/h7-12,21H,3-6,13-20H2,1-2H3. The van der Waals surface area contributed by atoms with Gasteiger partial charge in [-0.1, -0.05) is 18.1 Å². The van der Waals surface area contributed by atoms with E-state index in [0.29, 0.717) is 24.4 Å². The van der Waals surface area contributed by atoms with Gasteiger partial charge in [-0.3, -0.25) is 4.79 Å². The zero-order valence-electron chi connectivity index (χ0n) is 20.1. The van der Waals surface area contributed by atoms with Gasteiger partial charge in [0.05, 0.1) is 19.3 Å². The number of piperazine rings is 1. The molecule has 0 radical (unpaired) electrons. The van der Waals surface area contributed by atoms with Crippen molar-refractivity contribution < 1.29 is 14.3 Å². The van der Waals surface area contributed by atoms with E-state index >= 15 is 0 Å². The molecule has 0 atom stereocenters. The molecular weight excluding hydrogens is 414 g/mol. The van der Waals surface area contributed by atoms with Gasteiger partial charge in [0.2, 0.25) is 0 Å². The lowest BCUT2D eigenvalue weighted by molar-refractivity contribution is 0.0743. The molecule has 2 fully saturated rings. The maximum Gasteiger partial charge on any atom is 0.257 e. The first-order chi connectivity index (χ1) is 16.1. The monoisotopic (exact) mass is 451 g/mol. The zero-order chi connectivity index (χ0) is 23.0. The highest BCUT2D eigenvalue weighted by atomic mass is 16.5. The van der Waals surface area contributed by atoms with Crippen molar-refractivity contribution in [3.63, 3.8) is 0 Å². The van der Waals surface area contributed by atoms with Crippen LogP contribution in [0.1, 0.15) is 41.6 Å². The lowest BCUT2D eigenvalue weighted by Crippen LogP contribution is -2.48. The molecular formula is C27H37N3O3. The smallest absolute Gasteiger partial charge is 0.257 e. The normalized spacial score (nSPS) is 17.2. The van der Waals surface area contributed by atoms with Crippen molar-refractivity contribution >= 4 is 11.6 Å². The van der Waals surface area contributed by atoms with Crippen LogP contribution in [0.15, 0.2) is 42.5 Å². The van der Waals surface area contributed by atoms with Gasteiger partial charge in [0.15, 0.2) is 0 Å². The summed E-state index contributed by atoms with van der Waals surface area (Å²) in [5.74, 6) is 1.61. The number of methoxy groups -OCH3 is 1. The number of benzene rings is 2. The van der Waals surface area contributed by atoms with E-state index in [1.807, 2.05) is 30.0 Å². The highest BCUT2D eigenvalue weighted by Gasteiger charge is 2.24. The van der Waals surface area contributed by atoms with Gasteiger partial charge >= 0.3 is 0 Å². The molecule has 2 aliphatic heterocycles. The fourth-order valence-corrected chi connectivity index (χ4v) is 4.74. The second kappa shape index (κ2) is 11.4. The van der Waals surface area contributed by atoms with Crippen molar-refractivity contribution in [2.45, 2.75) is 32.6 Å². The predicted octanol–water partition coefficient (Wildman–Crippen LogP) is 4.22. The van der Waals surface area contributed by atoms with Crippen LogP contribution in [-0.2, 0) is 0 Å². The zero-order valence-corrected chi connectivity index (χ0v) is 20.1. The number of nitrogens with zero attached hydrogens (tertiary/aromatic N) is 3. The van der Waals surface area contributed by atoms with Crippen molar-refractivity contribution in [2.75, 3.05) is 64.4 Å². The Morgan fingerprint density at radius 2 is 1.64 bits per heavy atom. The van der Waals surface area contributed by atoms with Crippen LogP contribution in [0.4, 0.5) is 5.69 Å². The first kappa shape index (κ1) is 23.4. The Labute approximate surface area is 198 Å². The molecule has 2 aromatic carbocycles. The molecule has 0 unspecified atom stereocenters. The number of aryl methyl sites for hydroxylation is 1. The van der Waals surface area contributed by atoms with Gasteiger partial charge in [-0.15, -0.1) is 0 Å². The number of carbonyl (C=O) groups is 1. The Kier molecular flexibility index (Phi) is 8.10. The van der Waals surface area contributed by atoms with Gasteiger partial charge in [0.1, 0.15) is 11.5 Å². The van der Waals surface area contributed by atoms with E-state index < -0.39 is 0 Å². The molecule has 0 spiro atoms. The highest BCUT2D eigenvalue weighted by Crippen LogP contribution is 2.24. The molecule has 0 aliphatic carbocycles. The lowest BCUT2D eigenvalue weighted by atomic mass is 10.1. The number of carbonyl (C=O) groups excluding carboxylic acids is 1. The van der Waals surface area contributed by atoms with Gasteiger partial charge in [0.25, 0.3) is 5.91 Å². The average Bonchev–Trinajstić information content (AvgIpc) is 2.87. The summed E-state index contributed by atoms with van der Waals surface area (Å²) in [6, 6.07) is 14.1. The molecule has 33 heavy (non-hydrogen) atoms. The molecule has 178 valence electrons. The maximum absolute atomic E-state index is 13.1. The minimum Gasteiger partial charge on any atom is -0.496 e. The van der Waals surface area contributed by atoms with E-state index in [4.69, 9.17) is 9.47 Å². The van der Waals surface area contributed by atoms with E-state index in [-0.39, 0.29) is 5.91 Å². The number of rotatable bonds is 8. The number of likely N-dealkylation sites (tertiary alicyclic amines) is 1. The molecule has 6 heteroatoms. The van der Waals surface area contributed by atoms with Crippen molar-refractivity contribution in [1.29, 1.82) is 0 Å². The van der Waals surface area contributed by atoms with E-state index in [2.05, 4.69) is 34.1 Å². The summed E-state index contributed by atoms with van der Waals surface area (Å²) in [4.78, 5) is 19.9. The summed E-state index contributed by atoms with van der Waals surface area (Å²) in [6.07, 6.45) is 5.13. The molecule has 6 nitrogen and oxygen atoms in total. The van der Waals surface area contributed by atoms with Crippen LogP contribution in [0, 0.1) is 6.92 Å². The van der Waals surface area contributed by atoms with E-state index in [1.165, 1.54) is 38.0 Å². The number of piperidine rings is 1. The van der Waals surface area contributed by atoms with Crippen LogP contribution in [0.3, 0.4) is 0 Å². The number of amides is 1. The van der Waals surface area contributed by atoms with Crippen molar-refractivity contribution in [1.82, 2.24) is 9.80 Å². The van der Waals surface area contributed by atoms with Crippen LogP contribution >= 0.6 is 0 Å². The third-order valence-corrected chi connectivity index (χ3v) is 6.69. The van der Waals surface area contributed by atoms with Gasteiger partial charge in [0, 0.05) is 38.4 Å². The Bertz CT molecular complexity index is 901. The summed E-state index contributed by atoms with van der Waals surface area (Å²) in [6.45, 7) is 9.41. The number of ether oxygens (including phenoxy) is 2. The lowest BCUT2D eigenvalue weighted by Gasteiger charge is -2.36. The van der Waals surface area contributed by atoms with Gasteiger partial charge in [-0.2, -0.15) is 0 Å². The largest absolute Gasteiger partial charge is 0.496 e. The molecule has 0 saturated carbocycles. The average molecular weight is 452 g/mol. The van der Waals surface area contributed by atoms with Gasteiger partial charge in [-0.25, -0.2) is 0 Å².